The molecule has 0 unspecified atom stereocenters. The Bertz CT molecular complexity index is 682. The van der Waals surface area contributed by atoms with Crippen LogP contribution in [-0.2, 0) is 9.53 Å². The first kappa shape index (κ1) is 38.4. The van der Waals surface area contributed by atoms with Gasteiger partial charge in [0.2, 0.25) is 0 Å². The molecule has 0 saturated heterocycles. The van der Waals surface area contributed by atoms with Crippen molar-refractivity contribution in [3.63, 3.8) is 0 Å². The van der Waals surface area contributed by atoms with E-state index in [1.165, 1.54) is 76.2 Å². The van der Waals surface area contributed by atoms with Gasteiger partial charge in [-0.15, -0.1) is 0 Å². The minimum Gasteiger partial charge on any atom is -0.461 e. The van der Waals surface area contributed by atoms with Crippen LogP contribution >= 0.6 is 0 Å². The summed E-state index contributed by atoms with van der Waals surface area (Å²) in [5.74, 6) is 2.50. The minimum absolute atomic E-state index is 0.0442. The molecule has 2 nitrogen and oxygen atoms in total. The van der Waals surface area contributed by atoms with Gasteiger partial charge in [0.15, 0.2) is 0 Å². The van der Waals surface area contributed by atoms with Crippen molar-refractivity contribution in [2.24, 2.45) is 17.8 Å². The van der Waals surface area contributed by atoms with Gasteiger partial charge in [-0.05, 0) is 82.1 Å². The highest BCUT2D eigenvalue weighted by atomic mass is 16.5. The van der Waals surface area contributed by atoms with Gasteiger partial charge in [-0.25, -0.2) is 0 Å². The summed E-state index contributed by atoms with van der Waals surface area (Å²) in [5.41, 5.74) is 1.35. The SMILES string of the molecule is CC/C=C\C/C=C\C/C=C\CCCCCCCC(=O)OC/C=C(\C)CCC[C@@H](C)CCC[C@@H](C)CCCC(C)C. The fraction of sp³-hybridized carbons (Fsp3) is 0.763. The summed E-state index contributed by atoms with van der Waals surface area (Å²) in [6.45, 7) is 14.3. The van der Waals surface area contributed by atoms with E-state index < -0.39 is 0 Å². The lowest BCUT2D eigenvalue weighted by molar-refractivity contribution is -0.142. The van der Waals surface area contributed by atoms with Crippen LogP contribution in [0.25, 0.3) is 0 Å². The standard InChI is InChI=1S/C38H68O2/c1-7-8-9-10-11-12-13-14-15-16-17-18-19-20-21-31-38(39)40-33-32-37(6)30-24-29-36(5)28-23-27-35(4)26-22-25-34(2)3/h8-9,11-12,14-15,32,34-36H,7,10,13,16-31,33H2,1-6H3/b9-8-,12-11-,15-14-,37-32+/t35-,36-/m0/s1. The number of esters is 1. The van der Waals surface area contributed by atoms with Crippen molar-refractivity contribution in [3.8, 4) is 0 Å². The first-order chi connectivity index (χ1) is 19.3. The highest BCUT2D eigenvalue weighted by Crippen LogP contribution is 2.22. The molecule has 0 aromatic carbocycles. The Hall–Kier alpha value is -1.57. The van der Waals surface area contributed by atoms with Crippen LogP contribution in [0.5, 0.6) is 0 Å². The number of carbonyl (C=O) groups is 1. The molecule has 2 heteroatoms. The highest BCUT2D eigenvalue weighted by molar-refractivity contribution is 5.69. The lowest BCUT2D eigenvalue weighted by atomic mass is 9.91. The second-order valence-corrected chi connectivity index (χ2v) is 12.7. The largest absolute Gasteiger partial charge is 0.461 e. The first-order valence-corrected chi connectivity index (χ1v) is 17.1. The second kappa shape index (κ2) is 28.9. The van der Waals surface area contributed by atoms with Crippen LogP contribution in [0.15, 0.2) is 48.1 Å². The highest BCUT2D eigenvalue weighted by Gasteiger charge is 2.07. The Kier molecular flexibility index (Phi) is 27.8. The molecular weight excluding hydrogens is 488 g/mol. The topological polar surface area (TPSA) is 26.3 Å². The quantitative estimate of drug-likeness (QED) is 0.0571. The van der Waals surface area contributed by atoms with Gasteiger partial charge in [-0.2, -0.15) is 0 Å². The Labute approximate surface area is 251 Å². The Morgan fingerprint density at radius 3 is 1.82 bits per heavy atom. The van der Waals surface area contributed by atoms with E-state index in [1.807, 2.05) is 0 Å². The van der Waals surface area contributed by atoms with E-state index in [1.54, 1.807) is 0 Å². The van der Waals surface area contributed by atoms with E-state index in [9.17, 15) is 4.79 Å². The zero-order chi connectivity index (χ0) is 29.7. The Balaban J connectivity index is 3.63. The molecule has 0 N–H and O–H groups in total. The second-order valence-electron chi connectivity index (χ2n) is 12.7. The molecule has 0 aliphatic rings. The van der Waals surface area contributed by atoms with Crippen LogP contribution in [0.1, 0.15) is 164 Å². The maximum absolute atomic E-state index is 12.0. The monoisotopic (exact) mass is 557 g/mol. The van der Waals surface area contributed by atoms with Crippen molar-refractivity contribution in [3.05, 3.63) is 48.1 Å². The van der Waals surface area contributed by atoms with Crippen LogP contribution in [0, 0.1) is 17.8 Å². The summed E-state index contributed by atoms with van der Waals surface area (Å²) in [5, 5.41) is 0. The van der Waals surface area contributed by atoms with Gasteiger partial charge < -0.3 is 4.74 Å². The molecular formula is C38H68O2. The van der Waals surface area contributed by atoms with E-state index in [0.717, 1.165) is 62.7 Å². The fourth-order valence-electron chi connectivity index (χ4n) is 5.05. The van der Waals surface area contributed by atoms with E-state index in [0.29, 0.717) is 13.0 Å². The average Bonchev–Trinajstić information content (AvgIpc) is 2.90. The summed E-state index contributed by atoms with van der Waals surface area (Å²) < 4.78 is 5.44. The molecule has 0 spiro atoms. The summed E-state index contributed by atoms with van der Waals surface area (Å²) in [4.78, 5) is 12.0. The summed E-state index contributed by atoms with van der Waals surface area (Å²) in [6, 6.07) is 0. The Morgan fingerprint density at radius 2 is 1.18 bits per heavy atom. The van der Waals surface area contributed by atoms with Gasteiger partial charge in [0.25, 0.3) is 0 Å². The summed E-state index contributed by atoms with van der Waals surface area (Å²) >= 11 is 0. The van der Waals surface area contributed by atoms with Crippen LogP contribution in [0.3, 0.4) is 0 Å². The molecule has 2 atom stereocenters. The number of hydrogen-bond donors (Lipinski definition) is 0. The molecule has 0 aromatic rings. The molecule has 0 aliphatic carbocycles. The molecule has 0 fully saturated rings. The van der Waals surface area contributed by atoms with Crippen molar-refractivity contribution in [2.75, 3.05) is 6.61 Å². The maximum atomic E-state index is 12.0. The van der Waals surface area contributed by atoms with Crippen molar-refractivity contribution >= 4 is 5.97 Å². The molecule has 0 amide bonds. The fourth-order valence-corrected chi connectivity index (χ4v) is 5.05. The Morgan fingerprint density at radius 1 is 0.625 bits per heavy atom. The summed E-state index contributed by atoms with van der Waals surface area (Å²) in [7, 11) is 0. The van der Waals surface area contributed by atoms with Gasteiger partial charge in [-0.3, -0.25) is 4.79 Å². The number of hydrogen-bond acceptors (Lipinski definition) is 2. The van der Waals surface area contributed by atoms with Gasteiger partial charge in [-0.1, -0.05) is 141 Å². The maximum Gasteiger partial charge on any atom is 0.306 e. The zero-order valence-corrected chi connectivity index (χ0v) is 27.7. The smallest absolute Gasteiger partial charge is 0.306 e. The number of allylic oxidation sites excluding steroid dienone is 7. The molecule has 40 heavy (non-hydrogen) atoms. The number of rotatable bonds is 27. The van der Waals surface area contributed by atoms with E-state index in [2.05, 4.69) is 84.1 Å². The molecule has 0 radical (unpaired) electrons. The molecule has 0 saturated carbocycles. The lowest BCUT2D eigenvalue weighted by Crippen LogP contribution is -2.04. The van der Waals surface area contributed by atoms with Crippen molar-refractivity contribution < 1.29 is 9.53 Å². The number of unbranched alkanes of at least 4 members (excludes halogenated alkanes) is 5. The van der Waals surface area contributed by atoms with E-state index >= 15 is 0 Å². The van der Waals surface area contributed by atoms with Crippen LogP contribution in [-0.4, -0.2) is 12.6 Å². The first-order valence-electron chi connectivity index (χ1n) is 17.1. The zero-order valence-electron chi connectivity index (χ0n) is 27.7. The van der Waals surface area contributed by atoms with Crippen LogP contribution in [0.4, 0.5) is 0 Å². The molecule has 0 rings (SSSR count). The third kappa shape index (κ3) is 29.4. The average molecular weight is 557 g/mol. The third-order valence-corrected chi connectivity index (χ3v) is 7.85. The van der Waals surface area contributed by atoms with Gasteiger partial charge in [0, 0.05) is 6.42 Å². The molecule has 232 valence electrons. The van der Waals surface area contributed by atoms with Crippen molar-refractivity contribution in [1.29, 1.82) is 0 Å². The molecule has 0 aromatic heterocycles. The van der Waals surface area contributed by atoms with Crippen molar-refractivity contribution in [2.45, 2.75) is 164 Å². The minimum atomic E-state index is -0.0442. The predicted molar refractivity (Wildman–Crippen MR) is 179 cm³/mol. The predicted octanol–water partition coefficient (Wildman–Crippen LogP) is 12.5. The normalized spacial score (nSPS) is 14.2. The molecule has 0 bridgehead atoms. The molecule has 0 heterocycles. The van der Waals surface area contributed by atoms with Crippen molar-refractivity contribution in [1.82, 2.24) is 0 Å². The van der Waals surface area contributed by atoms with Gasteiger partial charge in [0.1, 0.15) is 6.61 Å². The van der Waals surface area contributed by atoms with Gasteiger partial charge in [0.05, 0.1) is 0 Å². The lowest BCUT2D eigenvalue weighted by Gasteiger charge is -2.15. The van der Waals surface area contributed by atoms with E-state index in [4.69, 9.17) is 4.74 Å². The van der Waals surface area contributed by atoms with E-state index in [-0.39, 0.29) is 5.97 Å². The van der Waals surface area contributed by atoms with Gasteiger partial charge >= 0.3 is 5.97 Å². The molecule has 0 aliphatic heterocycles. The van der Waals surface area contributed by atoms with Crippen LogP contribution in [0.2, 0.25) is 0 Å². The number of carbonyl (C=O) groups excluding carboxylic acids is 1. The van der Waals surface area contributed by atoms with Crippen LogP contribution < -0.4 is 0 Å². The third-order valence-electron chi connectivity index (χ3n) is 7.85. The summed E-state index contributed by atoms with van der Waals surface area (Å²) in [6.07, 6.45) is 38.2. The number of ether oxygens (including phenoxy) is 1.